The van der Waals surface area contributed by atoms with E-state index in [9.17, 15) is 9.59 Å². The van der Waals surface area contributed by atoms with Crippen molar-refractivity contribution in [2.45, 2.75) is 25.5 Å². The highest BCUT2D eigenvalue weighted by Gasteiger charge is 2.21. The number of ether oxygens (including phenoxy) is 1. The van der Waals surface area contributed by atoms with Crippen LogP contribution in [0.3, 0.4) is 0 Å². The summed E-state index contributed by atoms with van der Waals surface area (Å²) in [7, 11) is 0. The number of carbonyl (C=O) groups is 2. The summed E-state index contributed by atoms with van der Waals surface area (Å²) in [6.45, 7) is 4.74. The minimum Gasteiger partial charge on any atom is -0.465 e. The molecule has 0 unspecified atom stereocenters. The number of amides is 1. The highest BCUT2D eigenvalue weighted by atomic mass is 32.2. The van der Waals surface area contributed by atoms with Crippen molar-refractivity contribution in [3.05, 3.63) is 54.6 Å². The van der Waals surface area contributed by atoms with Gasteiger partial charge in [0.25, 0.3) is 0 Å². The van der Waals surface area contributed by atoms with E-state index in [2.05, 4.69) is 16.5 Å². The Bertz CT molecular complexity index is 956. The van der Waals surface area contributed by atoms with Gasteiger partial charge in [-0.15, -0.1) is 0 Å². The van der Waals surface area contributed by atoms with Gasteiger partial charge in [-0.05, 0) is 38.1 Å². The first-order valence-electron chi connectivity index (χ1n) is 9.23. The van der Waals surface area contributed by atoms with Gasteiger partial charge >= 0.3 is 5.97 Å². The summed E-state index contributed by atoms with van der Waals surface area (Å²) >= 11 is 1.38. The normalized spacial score (nSPS) is 10.8. The minimum atomic E-state index is -0.425. The number of nitrogens with zero attached hydrogens (tertiary/aromatic N) is 3. The fourth-order valence-corrected chi connectivity index (χ4v) is 3.90. The van der Waals surface area contributed by atoms with Gasteiger partial charge in [0.05, 0.1) is 23.4 Å². The van der Waals surface area contributed by atoms with Crippen molar-refractivity contribution in [2.24, 2.45) is 0 Å². The number of hydrogen-bond acceptors (Lipinski definition) is 5. The van der Waals surface area contributed by atoms with Gasteiger partial charge in [0.1, 0.15) is 6.54 Å². The van der Waals surface area contributed by atoms with Crippen LogP contribution >= 0.6 is 11.8 Å². The molecule has 0 aliphatic rings. The number of fused-ring (bicyclic) bond motifs is 1. The lowest BCUT2D eigenvalue weighted by Crippen LogP contribution is -2.37. The third-order valence-electron chi connectivity index (χ3n) is 4.22. The van der Waals surface area contributed by atoms with E-state index in [0.29, 0.717) is 5.69 Å². The molecule has 0 bridgehead atoms. The maximum atomic E-state index is 12.9. The zero-order valence-electron chi connectivity index (χ0n) is 16.0. The molecular weight excluding hydrogens is 374 g/mol. The highest BCUT2D eigenvalue weighted by molar-refractivity contribution is 7.99. The Labute approximate surface area is 168 Å². The van der Waals surface area contributed by atoms with E-state index in [1.165, 1.54) is 16.7 Å². The molecule has 2 aromatic carbocycles. The number of aromatic nitrogens is 2. The Morgan fingerprint density at radius 2 is 1.79 bits per heavy atom. The van der Waals surface area contributed by atoms with E-state index in [1.54, 1.807) is 6.92 Å². The van der Waals surface area contributed by atoms with Gasteiger partial charge in [-0.3, -0.25) is 9.59 Å². The second-order valence-corrected chi connectivity index (χ2v) is 6.98. The molecule has 3 aromatic rings. The van der Waals surface area contributed by atoms with Crippen molar-refractivity contribution in [1.29, 1.82) is 0 Å². The number of aryl methyl sites for hydroxylation is 1. The summed E-state index contributed by atoms with van der Waals surface area (Å²) in [5.41, 5.74) is 2.63. The van der Waals surface area contributed by atoms with Crippen LogP contribution < -0.4 is 4.90 Å². The van der Waals surface area contributed by atoms with Crippen molar-refractivity contribution >= 4 is 40.4 Å². The van der Waals surface area contributed by atoms with E-state index in [-0.39, 0.29) is 24.8 Å². The molecule has 6 nitrogen and oxygen atoms in total. The van der Waals surface area contributed by atoms with Crippen LogP contribution in [0, 0.1) is 0 Å². The number of carbonyl (C=O) groups excluding carboxylic acids is 2. The number of anilines is 1. The molecule has 1 heterocycles. The van der Waals surface area contributed by atoms with Crippen LogP contribution in [-0.4, -0.2) is 40.3 Å². The molecule has 0 N–H and O–H groups in total. The van der Waals surface area contributed by atoms with Gasteiger partial charge in [-0.2, -0.15) is 0 Å². The van der Waals surface area contributed by atoms with E-state index >= 15 is 0 Å². The molecule has 0 spiro atoms. The van der Waals surface area contributed by atoms with Crippen molar-refractivity contribution in [3.8, 4) is 0 Å². The predicted octanol–water partition coefficient (Wildman–Crippen LogP) is 3.74. The number of para-hydroxylation sites is 3. The fourth-order valence-electron chi connectivity index (χ4n) is 2.94. The number of rotatable bonds is 8. The van der Waals surface area contributed by atoms with Gasteiger partial charge in [0, 0.05) is 12.2 Å². The molecule has 28 heavy (non-hydrogen) atoms. The monoisotopic (exact) mass is 397 g/mol. The zero-order valence-corrected chi connectivity index (χ0v) is 16.8. The molecule has 7 heteroatoms. The molecule has 0 aliphatic heterocycles. The van der Waals surface area contributed by atoms with E-state index in [0.717, 1.165) is 22.7 Å². The largest absolute Gasteiger partial charge is 0.465 e. The van der Waals surface area contributed by atoms with E-state index in [1.807, 2.05) is 54.6 Å². The summed E-state index contributed by atoms with van der Waals surface area (Å²) in [4.78, 5) is 31.0. The average molecular weight is 398 g/mol. The second-order valence-electron chi connectivity index (χ2n) is 6.04. The maximum absolute atomic E-state index is 12.9. The van der Waals surface area contributed by atoms with Crippen LogP contribution in [0.25, 0.3) is 11.0 Å². The first kappa shape index (κ1) is 19.9. The molecule has 146 valence electrons. The summed E-state index contributed by atoms with van der Waals surface area (Å²) in [6, 6.07) is 17.1. The SMILES string of the molecule is CCOC(=O)CN(C(=O)CSc1nc2ccccc2n1CC)c1ccccc1. The first-order chi connectivity index (χ1) is 13.6. The molecule has 0 saturated carbocycles. The lowest BCUT2D eigenvalue weighted by molar-refractivity contribution is -0.142. The van der Waals surface area contributed by atoms with Crippen molar-refractivity contribution in [3.63, 3.8) is 0 Å². The molecule has 0 fully saturated rings. The Hall–Kier alpha value is -2.80. The number of imidazole rings is 1. The van der Waals surface area contributed by atoms with Gasteiger partial charge in [-0.25, -0.2) is 4.98 Å². The standard InChI is InChI=1S/C21H23N3O3S/c1-3-23-18-13-9-8-12-17(18)22-21(23)28-15-19(25)24(14-20(26)27-4-2)16-10-6-5-7-11-16/h5-13H,3-4,14-15H2,1-2H3. The number of esters is 1. The predicted molar refractivity (Wildman–Crippen MR) is 112 cm³/mol. The first-order valence-corrected chi connectivity index (χ1v) is 10.2. The molecule has 1 aromatic heterocycles. The number of benzene rings is 2. The van der Waals surface area contributed by atoms with Crippen LogP contribution in [0.5, 0.6) is 0 Å². The molecule has 0 saturated heterocycles. The smallest absolute Gasteiger partial charge is 0.326 e. The van der Waals surface area contributed by atoms with E-state index in [4.69, 9.17) is 4.74 Å². The fraction of sp³-hybridized carbons (Fsp3) is 0.286. The molecule has 1 amide bonds. The van der Waals surface area contributed by atoms with Crippen LogP contribution in [0.4, 0.5) is 5.69 Å². The third kappa shape index (κ3) is 4.54. The summed E-state index contributed by atoms with van der Waals surface area (Å²) in [5, 5.41) is 0.793. The Morgan fingerprint density at radius 1 is 1.07 bits per heavy atom. The van der Waals surface area contributed by atoms with Gasteiger partial charge in [0.2, 0.25) is 5.91 Å². The Morgan fingerprint density at radius 3 is 2.50 bits per heavy atom. The van der Waals surface area contributed by atoms with Gasteiger partial charge in [0.15, 0.2) is 5.16 Å². The summed E-state index contributed by atoms with van der Waals surface area (Å²) in [6.07, 6.45) is 0. The quantitative estimate of drug-likeness (QED) is 0.428. The summed E-state index contributed by atoms with van der Waals surface area (Å²) in [5.74, 6) is -0.415. The van der Waals surface area contributed by atoms with Crippen LogP contribution in [0.1, 0.15) is 13.8 Å². The van der Waals surface area contributed by atoms with Gasteiger partial charge in [-0.1, -0.05) is 42.1 Å². The van der Waals surface area contributed by atoms with E-state index < -0.39 is 5.97 Å². The lowest BCUT2D eigenvalue weighted by Gasteiger charge is -2.21. The molecule has 0 aliphatic carbocycles. The van der Waals surface area contributed by atoms with Gasteiger partial charge < -0.3 is 14.2 Å². The topological polar surface area (TPSA) is 64.4 Å². The Kier molecular flexibility index (Phi) is 6.71. The molecule has 0 radical (unpaired) electrons. The molecule has 0 atom stereocenters. The highest BCUT2D eigenvalue weighted by Crippen LogP contribution is 2.25. The molecule has 3 rings (SSSR count). The lowest BCUT2D eigenvalue weighted by atomic mass is 10.3. The van der Waals surface area contributed by atoms with Crippen molar-refractivity contribution in [2.75, 3.05) is 23.8 Å². The number of hydrogen-bond donors (Lipinski definition) is 0. The maximum Gasteiger partial charge on any atom is 0.326 e. The number of thioether (sulfide) groups is 1. The minimum absolute atomic E-state index is 0.110. The summed E-state index contributed by atoms with van der Waals surface area (Å²) < 4.78 is 7.12. The van der Waals surface area contributed by atoms with Crippen LogP contribution in [-0.2, 0) is 20.9 Å². The van der Waals surface area contributed by atoms with Crippen LogP contribution in [0.15, 0.2) is 59.8 Å². The molecular formula is C21H23N3O3S. The van der Waals surface area contributed by atoms with Crippen molar-refractivity contribution in [1.82, 2.24) is 9.55 Å². The second kappa shape index (κ2) is 9.41. The van der Waals surface area contributed by atoms with Crippen molar-refractivity contribution < 1.29 is 14.3 Å². The third-order valence-corrected chi connectivity index (χ3v) is 5.18. The zero-order chi connectivity index (χ0) is 19.9. The average Bonchev–Trinajstić information content (AvgIpc) is 3.08. The Balaban J connectivity index is 1.77. The van der Waals surface area contributed by atoms with Crippen LogP contribution in [0.2, 0.25) is 0 Å².